The maximum Gasteiger partial charge on any atom is 0.415 e. The number of fused-ring (bicyclic) bond motifs is 5. The number of piperidine rings is 2. The Bertz CT molecular complexity index is 1720. The molecule has 7 rings (SSSR count). The van der Waals surface area contributed by atoms with Crippen LogP contribution in [0.5, 0.6) is 5.75 Å². The summed E-state index contributed by atoms with van der Waals surface area (Å²) in [7, 11) is 0. The third kappa shape index (κ3) is 4.43. The van der Waals surface area contributed by atoms with E-state index in [0.29, 0.717) is 59.2 Å². The summed E-state index contributed by atoms with van der Waals surface area (Å²) in [5.74, 6) is -0.414. The number of aliphatic hydroxyl groups is 2. The van der Waals surface area contributed by atoms with E-state index in [-0.39, 0.29) is 30.2 Å². The molecule has 232 valence electrons. The molecule has 11 heteroatoms. The Kier molecular flexibility index (Phi) is 7.22. The molecule has 0 unspecified atom stereocenters. The van der Waals surface area contributed by atoms with Gasteiger partial charge in [-0.1, -0.05) is 20.3 Å². The molecule has 0 bridgehead atoms. The maximum absolute atomic E-state index is 13.6. The molecule has 0 saturated carbocycles. The zero-order chi connectivity index (χ0) is 30.7. The number of aromatic nitrogens is 2. The van der Waals surface area contributed by atoms with Gasteiger partial charge in [0.25, 0.3) is 5.56 Å². The number of cyclic esters (lactones) is 1. The lowest BCUT2D eigenvalue weighted by molar-refractivity contribution is -0.172. The van der Waals surface area contributed by atoms with Crippen molar-refractivity contribution in [3.05, 3.63) is 56.9 Å². The summed E-state index contributed by atoms with van der Waals surface area (Å²) < 4.78 is 12.2. The minimum atomic E-state index is -1.96. The van der Waals surface area contributed by atoms with Crippen molar-refractivity contribution < 1.29 is 29.3 Å². The fourth-order valence-electron chi connectivity index (χ4n) is 7.53. The third-order valence-corrected chi connectivity index (χ3v) is 10.0. The van der Waals surface area contributed by atoms with Crippen molar-refractivity contribution in [2.75, 3.05) is 26.2 Å². The zero-order valence-electron chi connectivity index (χ0n) is 25.2. The van der Waals surface area contributed by atoms with Gasteiger partial charge in [-0.25, -0.2) is 14.6 Å². The summed E-state index contributed by atoms with van der Waals surface area (Å²) in [5, 5.41) is 23.4. The quantitative estimate of drug-likeness (QED) is 0.430. The molecular weight excluding hydrogens is 564 g/mol. The lowest BCUT2D eigenvalue weighted by atomic mass is 9.86. The average Bonchev–Trinajstić information content (AvgIpc) is 3.33. The number of likely N-dealkylation sites (tertiary alicyclic amines) is 2. The highest BCUT2D eigenvalue weighted by Crippen LogP contribution is 2.44. The van der Waals surface area contributed by atoms with Crippen molar-refractivity contribution >= 4 is 23.0 Å². The van der Waals surface area contributed by atoms with Crippen LogP contribution in [0, 0.1) is 0 Å². The second-order valence-electron chi connectivity index (χ2n) is 12.3. The van der Waals surface area contributed by atoms with E-state index in [2.05, 4.69) is 4.90 Å². The molecule has 0 aliphatic carbocycles. The number of hydrogen-bond acceptors (Lipinski definition) is 9. The molecule has 6 heterocycles. The molecule has 1 aromatic carbocycles. The lowest BCUT2D eigenvalue weighted by Crippen LogP contribution is -2.48. The minimum absolute atomic E-state index is 0.0282. The minimum Gasteiger partial charge on any atom is -0.458 e. The number of nitrogens with zero attached hydrogens (tertiary/aromatic N) is 4. The number of carbonyl (C=O) groups is 2. The van der Waals surface area contributed by atoms with Crippen LogP contribution in [-0.4, -0.2) is 73.8 Å². The van der Waals surface area contributed by atoms with Crippen LogP contribution in [0.3, 0.4) is 0 Å². The highest BCUT2D eigenvalue weighted by molar-refractivity contribution is 5.90. The van der Waals surface area contributed by atoms with E-state index >= 15 is 0 Å². The van der Waals surface area contributed by atoms with Crippen LogP contribution in [0.15, 0.2) is 29.1 Å². The van der Waals surface area contributed by atoms with Gasteiger partial charge in [0.2, 0.25) is 0 Å². The van der Waals surface area contributed by atoms with Crippen molar-refractivity contribution in [3.63, 3.8) is 0 Å². The lowest BCUT2D eigenvalue weighted by Gasteiger charge is -2.39. The van der Waals surface area contributed by atoms with E-state index in [0.717, 1.165) is 31.5 Å². The second kappa shape index (κ2) is 11.0. The number of aliphatic hydroxyl groups excluding tert-OH is 1. The molecule has 4 aliphatic heterocycles. The van der Waals surface area contributed by atoms with E-state index in [1.54, 1.807) is 36.1 Å². The van der Waals surface area contributed by atoms with Crippen molar-refractivity contribution in [1.29, 1.82) is 0 Å². The Hall–Kier alpha value is -3.80. The standard InChI is InChI=1S/C33H38N4O7/c1-3-21-22-16-20(44-32(41)36-14-10-19(11-15-36)35-12-6-5-7-13-35)8-9-25(22)34-28-26-17-24-23(18-43-31(40)33(24,42)4-2)29(38)37(26)30(39)27(21)28/h8-9,16-17,19,30,39,42H,3-7,10-15,18H2,1-2H3/t30-,33-/m0/s1. The first-order chi connectivity index (χ1) is 21.2. The van der Waals surface area contributed by atoms with Gasteiger partial charge >= 0.3 is 12.1 Å². The van der Waals surface area contributed by atoms with E-state index in [1.165, 1.54) is 23.8 Å². The Morgan fingerprint density at radius 2 is 1.84 bits per heavy atom. The second-order valence-corrected chi connectivity index (χ2v) is 12.3. The zero-order valence-corrected chi connectivity index (χ0v) is 25.2. The van der Waals surface area contributed by atoms with Gasteiger partial charge in [-0.15, -0.1) is 0 Å². The molecule has 0 spiro atoms. The van der Waals surface area contributed by atoms with Gasteiger partial charge in [0.15, 0.2) is 11.8 Å². The van der Waals surface area contributed by atoms with Crippen molar-refractivity contribution in [2.24, 2.45) is 0 Å². The van der Waals surface area contributed by atoms with Gasteiger partial charge in [-0.2, -0.15) is 0 Å². The summed E-state index contributed by atoms with van der Waals surface area (Å²) in [6.45, 7) is 6.94. The van der Waals surface area contributed by atoms with E-state index in [1.807, 2.05) is 6.92 Å². The van der Waals surface area contributed by atoms with Crippen molar-refractivity contribution in [3.8, 4) is 17.1 Å². The van der Waals surface area contributed by atoms with E-state index in [9.17, 15) is 24.6 Å². The SMILES string of the molecule is CCc1c2c(nc3ccc(OC(=O)N4CCC(N5CCCCC5)CC4)cc13)-c1cc3c(c(=O)n1[C@H]2O)COC(=O)[C@]3(O)CC. The number of rotatable bonds is 4. The Labute approximate surface area is 255 Å². The van der Waals surface area contributed by atoms with Crippen LogP contribution in [0.1, 0.15) is 80.9 Å². The number of amides is 1. The van der Waals surface area contributed by atoms with E-state index in [4.69, 9.17) is 14.5 Å². The molecule has 44 heavy (non-hydrogen) atoms. The first-order valence-corrected chi connectivity index (χ1v) is 15.8. The Morgan fingerprint density at radius 1 is 1.09 bits per heavy atom. The summed E-state index contributed by atoms with van der Waals surface area (Å²) in [6, 6.07) is 7.35. The predicted molar refractivity (Wildman–Crippen MR) is 161 cm³/mol. The van der Waals surface area contributed by atoms with Gasteiger partial charge in [0.1, 0.15) is 12.4 Å². The van der Waals surface area contributed by atoms with Gasteiger partial charge in [-0.3, -0.25) is 9.36 Å². The highest BCUT2D eigenvalue weighted by Gasteiger charge is 2.46. The number of pyridine rings is 2. The first-order valence-electron chi connectivity index (χ1n) is 15.8. The van der Waals surface area contributed by atoms with Crippen LogP contribution >= 0.6 is 0 Å². The molecular formula is C33H38N4O7. The Balaban J connectivity index is 1.19. The van der Waals surface area contributed by atoms with E-state index < -0.39 is 23.4 Å². The molecule has 2 aromatic heterocycles. The number of hydrogen-bond donors (Lipinski definition) is 2. The van der Waals surface area contributed by atoms with Crippen molar-refractivity contribution in [2.45, 2.75) is 83.3 Å². The maximum atomic E-state index is 13.6. The fraction of sp³-hybridized carbons (Fsp3) is 0.515. The number of aryl methyl sites for hydroxylation is 1. The normalized spacial score (nSPS) is 23.7. The first kappa shape index (κ1) is 28.9. The van der Waals surface area contributed by atoms with Crippen LogP contribution < -0.4 is 10.3 Å². The summed E-state index contributed by atoms with van der Waals surface area (Å²) in [5.41, 5.74) is 0.453. The van der Waals surface area contributed by atoms with Crippen molar-refractivity contribution in [1.82, 2.24) is 19.4 Å². The largest absolute Gasteiger partial charge is 0.458 e. The number of ether oxygens (including phenoxy) is 2. The Morgan fingerprint density at radius 3 is 2.55 bits per heavy atom. The molecule has 1 amide bonds. The monoisotopic (exact) mass is 602 g/mol. The molecule has 2 atom stereocenters. The number of carbonyl (C=O) groups excluding carboxylic acids is 2. The summed E-state index contributed by atoms with van der Waals surface area (Å²) >= 11 is 0. The molecule has 2 N–H and O–H groups in total. The topological polar surface area (TPSA) is 134 Å². The average molecular weight is 603 g/mol. The smallest absolute Gasteiger partial charge is 0.415 e. The van der Waals surface area contributed by atoms with Gasteiger partial charge < -0.3 is 29.5 Å². The molecule has 4 aliphatic rings. The van der Waals surface area contributed by atoms with Crippen LogP contribution in [0.25, 0.3) is 22.3 Å². The predicted octanol–water partition coefficient (Wildman–Crippen LogP) is 3.58. The third-order valence-electron chi connectivity index (χ3n) is 10.0. The molecule has 2 saturated heterocycles. The summed E-state index contributed by atoms with van der Waals surface area (Å²) in [4.78, 5) is 48.4. The molecule has 3 aromatic rings. The van der Waals surface area contributed by atoms with Gasteiger partial charge in [0, 0.05) is 35.6 Å². The van der Waals surface area contributed by atoms with Crippen LogP contribution in [0.2, 0.25) is 0 Å². The van der Waals surface area contributed by atoms with Crippen LogP contribution in [0.4, 0.5) is 4.79 Å². The fourth-order valence-corrected chi connectivity index (χ4v) is 7.53. The molecule has 2 fully saturated rings. The van der Waals surface area contributed by atoms with Crippen LogP contribution in [-0.2, 0) is 28.2 Å². The molecule has 0 radical (unpaired) electrons. The summed E-state index contributed by atoms with van der Waals surface area (Å²) in [6.07, 6.45) is 4.55. The highest BCUT2D eigenvalue weighted by atomic mass is 16.6. The molecule has 11 nitrogen and oxygen atoms in total. The number of benzene rings is 1. The number of esters is 1. The van der Waals surface area contributed by atoms with Gasteiger partial charge in [0.05, 0.1) is 22.5 Å². The van der Waals surface area contributed by atoms with Gasteiger partial charge in [-0.05, 0) is 81.4 Å².